The quantitative estimate of drug-likeness (QED) is 0.853. The van der Waals surface area contributed by atoms with Crippen LogP contribution in [0.5, 0.6) is 5.75 Å². The van der Waals surface area contributed by atoms with E-state index in [-0.39, 0.29) is 17.8 Å². The van der Waals surface area contributed by atoms with Crippen LogP contribution in [0, 0.1) is 12.3 Å². The second-order valence-electron chi connectivity index (χ2n) is 4.50. The third-order valence-electron chi connectivity index (χ3n) is 3.10. The van der Waals surface area contributed by atoms with E-state index in [4.69, 9.17) is 11.2 Å². The summed E-state index contributed by atoms with van der Waals surface area (Å²) in [6.45, 7) is 0.252. The van der Waals surface area contributed by atoms with Crippen molar-refractivity contribution in [2.75, 3.05) is 17.7 Å². The summed E-state index contributed by atoms with van der Waals surface area (Å²) < 4.78 is 5.37. The number of amides is 1. The van der Waals surface area contributed by atoms with Crippen LogP contribution in [-0.4, -0.2) is 28.5 Å². The molecule has 106 valence electrons. The van der Waals surface area contributed by atoms with Crippen LogP contribution in [0.2, 0.25) is 0 Å². The van der Waals surface area contributed by atoms with Crippen molar-refractivity contribution < 1.29 is 9.53 Å². The second-order valence-corrected chi connectivity index (χ2v) is 5.59. The lowest BCUT2D eigenvalue weighted by Gasteiger charge is -2.14. The number of thioether (sulfide) groups is 1. The lowest BCUT2D eigenvalue weighted by molar-refractivity contribution is -0.113. The van der Waals surface area contributed by atoms with E-state index in [2.05, 4.69) is 21.4 Å². The van der Waals surface area contributed by atoms with Crippen molar-refractivity contribution in [2.45, 2.75) is 5.25 Å². The van der Waals surface area contributed by atoms with E-state index < -0.39 is 0 Å². The van der Waals surface area contributed by atoms with Crippen LogP contribution in [0.25, 0.3) is 0 Å². The number of terminal acetylenes is 1. The fraction of sp³-hybridized carbons (Fsp3) is 0.200. The molecule has 1 aliphatic heterocycles. The molecule has 0 unspecified atom stereocenters. The molecule has 0 bridgehead atoms. The molecule has 0 saturated carbocycles. The number of rotatable bonds is 3. The van der Waals surface area contributed by atoms with E-state index in [0.717, 1.165) is 16.9 Å². The number of ether oxygens (including phenoxy) is 1. The second kappa shape index (κ2) is 5.94. The number of hydrogen-bond acceptors (Lipinski definition) is 4. The number of carbonyl (C=O) groups is 1. The van der Waals surface area contributed by atoms with E-state index >= 15 is 0 Å². The number of benzene rings is 1. The van der Waals surface area contributed by atoms with Crippen molar-refractivity contribution in [1.82, 2.24) is 10.2 Å². The zero-order valence-electron chi connectivity index (χ0n) is 11.1. The Morgan fingerprint density at radius 2 is 2.24 bits per heavy atom. The van der Waals surface area contributed by atoms with Gasteiger partial charge in [0.1, 0.15) is 18.2 Å². The number of hydrogen-bond donors (Lipinski definition) is 2. The zero-order chi connectivity index (χ0) is 14.7. The monoisotopic (exact) mass is 299 g/mol. The largest absolute Gasteiger partial charge is 0.481 e. The molecule has 6 heteroatoms. The van der Waals surface area contributed by atoms with Crippen molar-refractivity contribution in [2.24, 2.45) is 0 Å². The Morgan fingerprint density at radius 3 is 3.00 bits per heavy atom. The Hall–Kier alpha value is -2.39. The van der Waals surface area contributed by atoms with Gasteiger partial charge in [-0.25, -0.2) is 0 Å². The smallest absolute Gasteiger partial charge is 0.235 e. The van der Waals surface area contributed by atoms with E-state index in [1.54, 1.807) is 18.0 Å². The van der Waals surface area contributed by atoms with Gasteiger partial charge in [-0.2, -0.15) is 5.10 Å². The summed E-state index contributed by atoms with van der Waals surface area (Å²) in [6, 6.07) is 7.73. The third-order valence-corrected chi connectivity index (χ3v) is 4.39. The summed E-state index contributed by atoms with van der Waals surface area (Å²) in [7, 11) is 0. The molecule has 1 amide bonds. The molecular weight excluding hydrogens is 286 g/mol. The van der Waals surface area contributed by atoms with Crippen LogP contribution in [0.15, 0.2) is 30.5 Å². The van der Waals surface area contributed by atoms with Gasteiger partial charge >= 0.3 is 0 Å². The van der Waals surface area contributed by atoms with Crippen LogP contribution in [0.1, 0.15) is 16.4 Å². The van der Waals surface area contributed by atoms with Crippen molar-refractivity contribution in [3.8, 4) is 18.1 Å². The molecule has 3 rings (SSSR count). The van der Waals surface area contributed by atoms with Gasteiger partial charge in [0.15, 0.2) is 0 Å². The molecule has 1 atom stereocenters. The third kappa shape index (κ3) is 2.88. The Kier molecular flexibility index (Phi) is 3.84. The molecule has 2 heterocycles. The van der Waals surface area contributed by atoms with Crippen molar-refractivity contribution >= 4 is 23.5 Å². The predicted molar refractivity (Wildman–Crippen MR) is 82.3 cm³/mol. The van der Waals surface area contributed by atoms with Gasteiger partial charge in [-0.05, 0) is 17.7 Å². The standard InChI is InChI=1S/C15H13N3O2S/c1-2-7-20-11-5-3-10(4-6-11)14-12-8-16-18-15(12)17-13(19)9-21-14/h1,3-6,8,14H,7,9H2,(H2,16,17,18,19)/t14-/m0/s1. The van der Waals surface area contributed by atoms with Gasteiger partial charge in [-0.1, -0.05) is 18.1 Å². The molecule has 1 aromatic heterocycles. The first-order valence-electron chi connectivity index (χ1n) is 6.39. The highest BCUT2D eigenvalue weighted by molar-refractivity contribution is 8.00. The highest BCUT2D eigenvalue weighted by Gasteiger charge is 2.25. The predicted octanol–water partition coefficient (Wildman–Crippen LogP) is 2.20. The van der Waals surface area contributed by atoms with Gasteiger partial charge < -0.3 is 10.1 Å². The molecule has 0 aliphatic carbocycles. The van der Waals surface area contributed by atoms with Crippen LogP contribution < -0.4 is 10.1 Å². The fourth-order valence-corrected chi connectivity index (χ4v) is 3.26. The maximum Gasteiger partial charge on any atom is 0.235 e. The van der Waals surface area contributed by atoms with Crippen molar-refractivity contribution in [3.63, 3.8) is 0 Å². The Labute approximate surface area is 126 Å². The maximum absolute atomic E-state index is 11.7. The Bertz CT molecular complexity index is 688. The summed E-state index contributed by atoms with van der Waals surface area (Å²) in [4.78, 5) is 11.7. The summed E-state index contributed by atoms with van der Waals surface area (Å²) >= 11 is 1.57. The van der Waals surface area contributed by atoms with Gasteiger partial charge in [0.2, 0.25) is 5.91 Å². The normalized spacial score (nSPS) is 17.3. The number of fused-ring (bicyclic) bond motifs is 1. The summed E-state index contributed by atoms with van der Waals surface area (Å²) in [5.41, 5.74) is 2.07. The van der Waals surface area contributed by atoms with E-state index in [9.17, 15) is 4.79 Å². The molecule has 1 aliphatic rings. The number of anilines is 1. The molecule has 1 aromatic carbocycles. The number of aromatic amines is 1. The van der Waals surface area contributed by atoms with Crippen LogP contribution in [-0.2, 0) is 4.79 Å². The number of H-pyrrole nitrogens is 1. The van der Waals surface area contributed by atoms with Crippen LogP contribution in [0.3, 0.4) is 0 Å². The van der Waals surface area contributed by atoms with Crippen molar-refractivity contribution in [1.29, 1.82) is 0 Å². The number of aromatic nitrogens is 2. The fourth-order valence-electron chi connectivity index (χ4n) is 2.16. The number of carbonyl (C=O) groups excluding carboxylic acids is 1. The average Bonchev–Trinajstić information content (AvgIpc) is 2.88. The van der Waals surface area contributed by atoms with Gasteiger partial charge in [0.25, 0.3) is 0 Å². The molecular formula is C15H13N3O2S. The van der Waals surface area contributed by atoms with E-state index in [1.807, 2.05) is 24.3 Å². The molecule has 0 radical (unpaired) electrons. The highest BCUT2D eigenvalue weighted by atomic mass is 32.2. The lowest BCUT2D eigenvalue weighted by Crippen LogP contribution is -2.12. The molecule has 0 spiro atoms. The molecule has 2 N–H and O–H groups in total. The topological polar surface area (TPSA) is 67.0 Å². The van der Waals surface area contributed by atoms with E-state index in [0.29, 0.717) is 11.6 Å². The maximum atomic E-state index is 11.7. The van der Waals surface area contributed by atoms with Gasteiger partial charge in [0, 0.05) is 5.56 Å². The summed E-state index contributed by atoms with van der Waals surface area (Å²) in [6.07, 6.45) is 6.92. The molecule has 0 saturated heterocycles. The lowest BCUT2D eigenvalue weighted by atomic mass is 10.1. The van der Waals surface area contributed by atoms with Crippen molar-refractivity contribution in [3.05, 3.63) is 41.6 Å². The van der Waals surface area contributed by atoms with Gasteiger partial charge in [-0.3, -0.25) is 9.89 Å². The Balaban J connectivity index is 1.87. The first kappa shape index (κ1) is 13.6. The molecule has 0 fully saturated rings. The average molecular weight is 299 g/mol. The Morgan fingerprint density at radius 1 is 1.43 bits per heavy atom. The summed E-state index contributed by atoms with van der Waals surface area (Å²) in [5.74, 6) is 4.21. The first-order valence-corrected chi connectivity index (χ1v) is 7.44. The highest BCUT2D eigenvalue weighted by Crippen LogP contribution is 2.40. The van der Waals surface area contributed by atoms with Gasteiger partial charge in [0.05, 0.1) is 17.2 Å². The molecule has 21 heavy (non-hydrogen) atoms. The molecule has 2 aromatic rings. The minimum absolute atomic E-state index is 0.0260. The minimum atomic E-state index is -0.0260. The minimum Gasteiger partial charge on any atom is -0.481 e. The van der Waals surface area contributed by atoms with E-state index in [1.165, 1.54) is 0 Å². The molecule has 5 nitrogen and oxygen atoms in total. The van der Waals surface area contributed by atoms with Gasteiger partial charge in [-0.15, -0.1) is 18.2 Å². The number of nitrogens with zero attached hydrogens (tertiary/aromatic N) is 1. The number of nitrogens with one attached hydrogen (secondary N) is 2. The first-order chi connectivity index (χ1) is 10.3. The zero-order valence-corrected chi connectivity index (χ0v) is 11.9. The van der Waals surface area contributed by atoms with Crippen LogP contribution in [0.4, 0.5) is 5.82 Å². The SMILES string of the molecule is C#CCOc1ccc([C@@H]2SCC(=O)Nc3[nH]ncc32)cc1. The summed E-state index contributed by atoms with van der Waals surface area (Å²) in [5, 5.41) is 9.71. The van der Waals surface area contributed by atoms with Crippen LogP contribution >= 0.6 is 11.8 Å².